The summed E-state index contributed by atoms with van der Waals surface area (Å²) in [4.78, 5) is 49.9. The van der Waals surface area contributed by atoms with Gasteiger partial charge in [-0.3, -0.25) is 14.9 Å². The number of hydrogen-bond acceptors (Lipinski definition) is 6. The second-order valence-corrected chi connectivity index (χ2v) is 4.94. The van der Waals surface area contributed by atoms with Gasteiger partial charge in [-0.2, -0.15) is 0 Å². The van der Waals surface area contributed by atoms with Crippen molar-refractivity contribution in [2.75, 3.05) is 6.61 Å². The van der Waals surface area contributed by atoms with Crippen molar-refractivity contribution in [3.8, 4) is 0 Å². The predicted molar refractivity (Wildman–Crippen MR) is 84.4 cm³/mol. The van der Waals surface area contributed by atoms with E-state index in [9.17, 15) is 19.2 Å². The molecule has 3 amide bonds. The van der Waals surface area contributed by atoms with Crippen LogP contribution >= 0.6 is 0 Å². The van der Waals surface area contributed by atoms with Crippen LogP contribution in [-0.4, -0.2) is 34.1 Å². The number of ether oxygens (including phenoxy) is 1. The topological polar surface area (TPSA) is 133 Å². The number of urea groups is 1. The number of carbonyl (C=O) groups excluding carboxylic acids is 3. The van der Waals surface area contributed by atoms with E-state index in [0.29, 0.717) is 23.3 Å². The van der Waals surface area contributed by atoms with Gasteiger partial charge in [-0.1, -0.05) is 0 Å². The molecule has 0 fully saturated rings. The molecule has 126 valence electrons. The first kappa shape index (κ1) is 17.1. The highest BCUT2D eigenvalue weighted by molar-refractivity contribution is 5.97. The quantitative estimate of drug-likeness (QED) is 0.761. The third kappa shape index (κ3) is 3.57. The summed E-state index contributed by atoms with van der Waals surface area (Å²) in [6, 6.07) is 3.51. The minimum absolute atomic E-state index is 0.169. The summed E-state index contributed by atoms with van der Waals surface area (Å²) in [6.45, 7) is 3.25. The third-order valence-corrected chi connectivity index (χ3v) is 3.26. The summed E-state index contributed by atoms with van der Waals surface area (Å²) in [5, 5.41) is 1.78. The molecular weight excluding hydrogens is 316 g/mol. The Morgan fingerprint density at radius 3 is 2.67 bits per heavy atom. The van der Waals surface area contributed by atoms with E-state index in [1.54, 1.807) is 22.9 Å². The van der Waals surface area contributed by atoms with Gasteiger partial charge in [0.1, 0.15) is 5.69 Å². The number of nitrogens with one attached hydrogen (secondary N) is 1. The van der Waals surface area contributed by atoms with Gasteiger partial charge >= 0.3 is 12.0 Å². The number of benzene rings is 1. The van der Waals surface area contributed by atoms with Crippen LogP contribution in [0.5, 0.6) is 0 Å². The van der Waals surface area contributed by atoms with Gasteiger partial charge in [-0.25, -0.2) is 14.6 Å². The summed E-state index contributed by atoms with van der Waals surface area (Å²) in [7, 11) is 0. The minimum atomic E-state index is -1.03. The highest BCUT2D eigenvalue weighted by atomic mass is 16.5. The number of aromatic nitrogens is 2. The summed E-state index contributed by atoms with van der Waals surface area (Å²) >= 11 is 0. The number of nitrogens with zero attached hydrogens (tertiary/aromatic N) is 2. The molecule has 0 bridgehead atoms. The van der Waals surface area contributed by atoms with Gasteiger partial charge in [0.25, 0.3) is 11.5 Å². The molecule has 0 aliphatic carbocycles. The van der Waals surface area contributed by atoms with Gasteiger partial charge < -0.3 is 15.0 Å². The van der Waals surface area contributed by atoms with E-state index in [-0.39, 0.29) is 11.1 Å². The lowest BCUT2D eigenvalue weighted by Gasteiger charge is -2.10. The molecule has 0 aliphatic heterocycles. The monoisotopic (exact) mass is 332 g/mol. The first-order chi connectivity index (χ1) is 11.3. The number of aryl methyl sites for hydroxylation is 2. The van der Waals surface area contributed by atoms with Gasteiger partial charge in [0.05, 0.1) is 16.6 Å². The van der Waals surface area contributed by atoms with Crippen LogP contribution in [0.1, 0.15) is 23.0 Å². The zero-order valence-corrected chi connectivity index (χ0v) is 13.2. The van der Waals surface area contributed by atoms with Crippen molar-refractivity contribution < 1.29 is 19.1 Å². The lowest BCUT2D eigenvalue weighted by atomic mass is 10.2. The van der Waals surface area contributed by atoms with Crippen molar-refractivity contribution in [3.63, 3.8) is 0 Å². The molecule has 1 heterocycles. The van der Waals surface area contributed by atoms with Crippen molar-refractivity contribution >= 4 is 28.9 Å². The Hall–Kier alpha value is -3.23. The third-order valence-electron chi connectivity index (χ3n) is 3.26. The van der Waals surface area contributed by atoms with Crippen LogP contribution in [0, 0.1) is 6.92 Å². The Morgan fingerprint density at radius 1 is 1.33 bits per heavy atom. The molecule has 24 heavy (non-hydrogen) atoms. The Kier molecular flexibility index (Phi) is 4.93. The van der Waals surface area contributed by atoms with Crippen LogP contribution in [0.2, 0.25) is 0 Å². The lowest BCUT2D eigenvalue weighted by Crippen LogP contribution is -2.37. The molecule has 2 rings (SSSR count). The molecule has 2 aromatic rings. The largest absolute Gasteiger partial charge is 0.452 e. The summed E-state index contributed by atoms with van der Waals surface area (Å²) in [5.74, 6) is -1.59. The number of imide groups is 1. The van der Waals surface area contributed by atoms with Crippen LogP contribution in [0.3, 0.4) is 0 Å². The molecule has 9 nitrogen and oxygen atoms in total. The average Bonchev–Trinajstić information content (AvgIpc) is 2.52. The molecule has 1 aromatic heterocycles. The molecule has 9 heteroatoms. The number of esters is 1. The van der Waals surface area contributed by atoms with Gasteiger partial charge in [-0.05, 0) is 32.0 Å². The van der Waals surface area contributed by atoms with Crippen LogP contribution in [-0.2, 0) is 16.1 Å². The molecule has 0 radical (unpaired) electrons. The number of primary amides is 1. The van der Waals surface area contributed by atoms with Crippen molar-refractivity contribution in [3.05, 3.63) is 39.8 Å². The number of hydrogen-bond donors (Lipinski definition) is 2. The Balaban J connectivity index is 2.26. The average molecular weight is 332 g/mol. The van der Waals surface area contributed by atoms with E-state index in [4.69, 9.17) is 10.5 Å². The highest BCUT2D eigenvalue weighted by Gasteiger charge is 2.14. The maximum atomic E-state index is 12.0. The first-order valence-electron chi connectivity index (χ1n) is 7.11. The van der Waals surface area contributed by atoms with Crippen LogP contribution in [0.25, 0.3) is 11.0 Å². The zero-order chi connectivity index (χ0) is 17.9. The van der Waals surface area contributed by atoms with Crippen molar-refractivity contribution in [1.29, 1.82) is 0 Å². The molecule has 0 spiro atoms. The predicted octanol–water partition coefficient (Wildman–Crippen LogP) is 0.0765. The smallest absolute Gasteiger partial charge is 0.338 e. The number of carbonyl (C=O) groups is 3. The lowest BCUT2D eigenvalue weighted by molar-refractivity contribution is -0.123. The normalized spacial score (nSPS) is 10.4. The van der Waals surface area contributed by atoms with Crippen LogP contribution < -0.4 is 16.6 Å². The van der Waals surface area contributed by atoms with E-state index in [1.807, 2.05) is 6.92 Å². The molecule has 0 saturated carbocycles. The van der Waals surface area contributed by atoms with E-state index >= 15 is 0 Å². The fourth-order valence-corrected chi connectivity index (χ4v) is 2.20. The second kappa shape index (κ2) is 6.90. The van der Waals surface area contributed by atoms with Crippen LogP contribution in [0.15, 0.2) is 23.0 Å². The van der Waals surface area contributed by atoms with Crippen molar-refractivity contribution in [1.82, 2.24) is 14.9 Å². The maximum absolute atomic E-state index is 12.0. The minimum Gasteiger partial charge on any atom is -0.452 e. The zero-order valence-electron chi connectivity index (χ0n) is 13.2. The molecule has 0 unspecified atom stereocenters. The second-order valence-electron chi connectivity index (χ2n) is 4.94. The van der Waals surface area contributed by atoms with Crippen LogP contribution in [0.4, 0.5) is 4.79 Å². The summed E-state index contributed by atoms with van der Waals surface area (Å²) in [5.41, 5.74) is 6.13. The number of nitrogens with two attached hydrogens (primary N) is 1. The highest BCUT2D eigenvalue weighted by Crippen LogP contribution is 2.14. The Bertz CT molecular complexity index is 887. The summed E-state index contributed by atoms with van der Waals surface area (Å²) in [6.07, 6.45) is 0. The number of rotatable bonds is 4. The SMILES string of the molecule is CCn1c(=O)c(C)nc2cc(C(=O)OCC(=O)NC(N)=O)ccc21. The standard InChI is InChI=1S/C15H16N4O5/c1-3-19-11-5-4-9(6-10(11)17-8(2)13(19)21)14(22)24-7-12(20)18-15(16)23/h4-6H,3,7H2,1-2H3,(H3,16,18,20,23). The van der Waals surface area contributed by atoms with Crippen molar-refractivity contribution in [2.24, 2.45) is 5.73 Å². The van der Waals surface area contributed by atoms with Gasteiger partial charge in [0.2, 0.25) is 0 Å². The fourth-order valence-electron chi connectivity index (χ4n) is 2.20. The number of amides is 3. The Labute approximate surface area is 136 Å². The molecule has 0 aliphatic rings. The van der Waals surface area contributed by atoms with Crippen molar-refractivity contribution in [2.45, 2.75) is 20.4 Å². The molecule has 1 aromatic carbocycles. The molecule has 0 atom stereocenters. The van der Waals surface area contributed by atoms with E-state index in [0.717, 1.165) is 0 Å². The van der Waals surface area contributed by atoms with Gasteiger partial charge in [-0.15, -0.1) is 0 Å². The first-order valence-corrected chi connectivity index (χ1v) is 7.11. The molecular formula is C15H16N4O5. The fraction of sp³-hybridized carbons (Fsp3) is 0.267. The molecule has 3 N–H and O–H groups in total. The van der Waals surface area contributed by atoms with Gasteiger partial charge in [0.15, 0.2) is 6.61 Å². The summed E-state index contributed by atoms with van der Waals surface area (Å²) < 4.78 is 6.34. The van der Waals surface area contributed by atoms with E-state index < -0.39 is 24.5 Å². The number of fused-ring (bicyclic) bond motifs is 1. The molecule has 0 saturated heterocycles. The van der Waals surface area contributed by atoms with Gasteiger partial charge in [0, 0.05) is 6.54 Å². The Morgan fingerprint density at radius 2 is 2.04 bits per heavy atom. The van der Waals surface area contributed by atoms with E-state index in [1.165, 1.54) is 12.1 Å². The van der Waals surface area contributed by atoms with E-state index in [2.05, 4.69) is 4.98 Å². The maximum Gasteiger partial charge on any atom is 0.338 e.